The molecule has 0 aliphatic carbocycles. The molecule has 1 aliphatic heterocycles. The summed E-state index contributed by atoms with van der Waals surface area (Å²) in [7, 11) is -2.17. The fourth-order valence-corrected chi connectivity index (χ4v) is 7.39. The summed E-state index contributed by atoms with van der Waals surface area (Å²) in [5, 5.41) is 0. The Labute approximate surface area is 276 Å². The molecule has 0 saturated heterocycles. The lowest BCUT2D eigenvalue weighted by atomic mass is 9.85. The first-order valence-corrected chi connectivity index (χ1v) is 17.3. The van der Waals surface area contributed by atoms with Crippen LogP contribution in [0.25, 0.3) is 22.4 Å². The number of hydrogen-bond donors (Lipinski definition) is 1. The molecule has 6 rings (SSSR count). The Hall–Kier alpha value is -4.64. The highest BCUT2D eigenvalue weighted by atomic mass is 32.2. The number of fused-ring (bicyclic) bond motifs is 5. The fraction of sp³-hybridized carbons (Fsp3) is 0.361. The molecule has 47 heavy (non-hydrogen) atoms. The Morgan fingerprint density at radius 1 is 0.957 bits per heavy atom. The maximum atomic E-state index is 14.5. The number of aromatic nitrogens is 5. The minimum Gasteiger partial charge on any atom is -0.332 e. The molecule has 1 atom stereocenters. The molecule has 244 valence electrons. The molecule has 0 saturated carbocycles. The third-order valence-corrected chi connectivity index (χ3v) is 10.1. The highest BCUT2D eigenvalue weighted by Gasteiger charge is 2.31. The SMILES string of the molecule is Cc1cccc(C)c1-c1cc2nc(n1)NS(=O)(=O)c1cccc(c1)C(=O)N(Cc1cnc3cc(C)n(C)c3n1)[C@H](CC(C)(C)C)CC2. The van der Waals surface area contributed by atoms with Crippen molar-refractivity contribution in [3.8, 4) is 11.3 Å². The molecule has 11 heteroatoms. The first-order valence-electron chi connectivity index (χ1n) is 15.8. The molecule has 3 aromatic heterocycles. The summed E-state index contributed by atoms with van der Waals surface area (Å²) in [5.41, 5.74) is 7.73. The third-order valence-electron chi connectivity index (χ3n) is 8.77. The summed E-state index contributed by atoms with van der Waals surface area (Å²) in [6.07, 6.45) is 3.52. The van der Waals surface area contributed by atoms with Crippen LogP contribution >= 0.6 is 0 Å². The molecule has 1 amide bonds. The summed E-state index contributed by atoms with van der Waals surface area (Å²) in [5.74, 6) is -0.267. The van der Waals surface area contributed by atoms with Gasteiger partial charge < -0.3 is 9.47 Å². The van der Waals surface area contributed by atoms with Crippen LogP contribution in [-0.4, -0.2) is 49.8 Å². The van der Waals surface area contributed by atoms with E-state index in [1.165, 1.54) is 12.1 Å². The van der Waals surface area contributed by atoms with Gasteiger partial charge in [0.05, 0.1) is 29.0 Å². The molecule has 0 spiro atoms. The number of sulfonamides is 1. The van der Waals surface area contributed by atoms with Crippen molar-refractivity contribution in [3.05, 3.63) is 94.6 Å². The van der Waals surface area contributed by atoms with Crippen molar-refractivity contribution in [2.75, 3.05) is 4.72 Å². The van der Waals surface area contributed by atoms with Crippen molar-refractivity contribution in [1.82, 2.24) is 29.4 Å². The van der Waals surface area contributed by atoms with Crippen molar-refractivity contribution in [3.63, 3.8) is 0 Å². The quantitative estimate of drug-likeness (QED) is 0.234. The lowest BCUT2D eigenvalue weighted by Gasteiger charge is -2.36. The molecule has 1 N–H and O–H groups in total. The molecular weight excluding hydrogens is 611 g/mol. The Morgan fingerprint density at radius 2 is 1.68 bits per heavy atom. The number of rotatable bonds is 4. The molecule has 4 bridgehead atoms. The van der Waals surface area contributed by atoms with Gasteiger partial charge in [-0.15, -0.1) is 0 Å². The third kappa shape index (κ3) is 6.76. The molecule has 2 aromatic carbocycles. The van der Waals surface area contributed by atoms with Gasteiger partial charge in [-0.25, -0.2) is 28.1 Å². The van der Waals surface area contributed by atoms with Crippen molar-refractivity contribution in [2.45, 2.75) is 78.3 Å². The van der Waals surface area contributed by atoms with E-state index < -0.39 is 10.0 Å². The average Bonchev–Trinajstić information content (AvgIpc) is 3.29. The minimum absolute atomic E-state index is 0.00166. The van der Waals surface area contributed by atoms with E-state index in [0.29, 0.717) is 36.3 Å². The Kier molecular flexibility index (Phi) is 8.38. The second-order valence-corrected chi connectivity index (χ2v) is 15.5. The highest BCUT2D eigenvalue weighted by molar-refractivity contribution is 7.92. The van der Waals surface area contributed by atoms with Gasteiger partial charge in [0.2, 0.25) is 5.95 Å². The monoisotopic (exact) mass is 651 g/mol. The van der Waals surface area contributed by atoms with Gasteiger partial charge in [-0.1, -0.05) is 45.0 Å². The topological polar surface area (TPSA) is 123 Å². The van der Waals surface area contributed by atoms with Gasteiger partial charge in [0.15, 0.2) is 5.65 Å². The van der Waals surface area contributed by atoms with E-state index in [2.05, 4.69) is 35.5 Å². The van der Waals surface area contributed by atoms with Crippen LogP contribution in [0, 0.1) is 26.2 Å². The maximum Gasteiger partial charge on any atom is 0.264 e. The van der Waals surface area contributed by atoms with Gasteiger partial charge in [0.25, 0.3) is 15.9 Å². The zero-order valence-corrected chi connectivity index (χ0v) is 28.8. The molecule has 10 nitrogen and oxygen atoms in total. The van der Waals surface area contributed by atoms with Crippen LogP contribution in [0.3, 0.4) is 0 Å². The molecule has 0 unspecified atom stereocenters. The van der Waals surface area contributed by atoms with E-state index in [-0.39, 0.29) is 40.3 Å². The fourth-order valence-electron chi connectivity index (χ4n) is 6.40. The van der Waals surface area contributed by atoms with E-state index in [1.807, 2.05) is 67.6 Å². The van der Waals surface area contributed by atoms with Crippen LogP contribution in [0.2, 0.25) is 0 Å². The second kappa shape index (κ2) is 12.2. The smallest absolute Gasteiger partial charge is 0.264 e. The number of carbonyl (C=O) groups excluding carboxylic acids is 1. The van der Waals surface area contributed by atoms with Gasteiger partial charge in [-0.2, -0.15) is 0 Å². The largest absolute Gasteiger partial charge is 0.332 e. The number of benzene rings is 2. The lowest BCUT2D eigenvalue weighted by molar-refractivity contribution is 0.0592. The standard InChI is InChI=1S/C36H41N7O3S/c1-22-10-8-11-23(2)32(22)30-18-26-14-15-28(19-36(4,5)6)43(21-27-20-37-31-16-24(3)42(7)33(31)38-27)34(44)25-12-9-13-29(17-25)47(45,46)41-35(39-26)40-30/h8-13,16-18,20,28H,14-15,19,21H2,1-7H3,(H,39,40,41)/t28-/m0/s1. The van der Waals surface area contributed by atoms with Crippen LogP contribution in [0.1, 0.15) is 72.2 Å². The zero-order chi connectivity index (χ0) is 33.7. The second-order valence-electron chi connectivity index (χ2n) is 13.8. The van der Waals surface area contributed by atoms with E-state index in [1.54, 1.807) is 18.3 Å². The van der Waals surface area contributed by atoms with Gasteiger partial charge in [-0.05, 0) is 86.9 Å². The average molecular weight is 652 g/mol. The van der Waals surface area contributed by atoms with Crippen molar-refractivity contribution in [1.29, 1.82) is 0 Å². The number of nitrogens with zero attached hydrogens (tertiary/aromatic N) is 6. The predicted molar refractivity (Wildman–Crippen MR) is 183 cm³/mol. The van der Waals surface area contributed by atoms with Crippen LogP contribution in [0.15, 0.2) is 65.7 Å². The Morgan fingerprint density at radius 3 is 2.40 bits per heavy atom. The van der Waals surface area contributed by atoms with E-state index in [0.717, 1.165) is 33.5 Å². The number of carbonyl (C=O) groups is 1. The van der Waals surface area contributed by atoms with Crippen LogP contribution in [-0.2, 0) is 30.0 Å². The number of aryl methyl sites for hydroxylation is 5. The summed E-state index contributed by atoms with van der Waals surface area (Å²) in [6.45, 7) is 12.7. The number of nitrogens with one attached hydrogen (secondary N) is 1. The molecule has 4 heterocycles. The summed E-state index contributed by atoms with van der Waals surface area (Å²) < 4.78 is 32.0. The Bertz CT molecular complexity index is 2100. The van der Waals surface area contributed by atoms with Gasteiger partial charge in [-0.3, -0.25) is 9.78 Å². The Balaban J connectivity index is 1.51. The molecule has 5 aromatic rings. The first-order chi connectivity index (χ1) is 22.2. The number of hydrogen-bond acceptors (Lipinski definition) is 7. The minimum atomic E-state index is -4.12. The van der Waals surface area contributed by atoms with Crippen LogP contribution in [0.4, 0.5) is 5.95 Å². The predicted octanol–water partition coefficient (Wildman–Crippen LogP) is 6.54. The molecule has 0 radical (unpaired) electrons. The normalized spacial score (nSPS) is 16.7. The lowest BCUT2D eigenvalue weighted by Crippen LogP contribution is -2.42. The highest BCUT2D eigenvalue weighted by Crippen LogP contribution is 2.32. The molecule has 0 fully saturated rings. The van der Waals surface area contributed by atoms with E-state index in [9.17, 15) is 13.2 Å². The molecular formula is C36H41N7O3S. The van der Waals surface area contributed by atoms with Crippen LogP contribution < -0.4 is 4.72 Å². The van der Waals surface area contributed by atoms with E-state index in [4.69, 9.17) is 9.97 Å². The summed E-state index contributed by atoms with van der Waals surface area (Å²) >= 11 is 0. The van der Waals surface area contributed by atoms with Gasteiger partial charge >= 0.3 is 0 Å². The first kappa shape index (κ1) is 32.3. The van der Waals surface area contributed by atoms with Crippen molar-refractivity contribution < 1.29 is 13.2 Å². The number of anilines is 1. The zero-order valence-electron chi connectivity index (χ0n) is 28.0. The summed E-state index contributed by atoms with van der Waals surface area (Å²) in [4.78, 5) is 35.2. The van der Waals surface area contributed by atoms with Crippen molar-refractivity contribution >= 4 is 33.0 Å². The van der Waals surface area contributed by atoms with Gasteiger partial charge in [0, 0.05) is 35.6 Å². The molecule has 1 aliphatic rings. The van der Waals surface area contributed by atoms with E-state index >= 15 is 0 Å². The summed E-state index contributed by atoms with van der Waals surface area (Å²) in [6, 6.07) is 15.9. The number of amides is 1. The van der Waals surface area contributed by atoms with Crippen molar-refractivity contribution in [2.24, 2.45) is 12.5 Å². The maximum absolute atomic E-state index is 14.5. The van der Waals surface area contributed by atoms with Crippen LogP contribution in [0.5, 0.6) is 0 Å². The van der Waals surface area contributed by atoms with Gasteiger partial charge in [0.1, 0.15) is 5.52 Å².